The number of halogens is 3. The molecule has 0 heterocycles. The van der Waals surface area contributed by atoms with E-state index in [2.05, 4.69) is 167 Å². The summed E-state index contributed by atoms with van der Waals surface area (Å²) in [6.45, 7) is 79.9. The second-order valence-corrected chi connectivity index (χ2v) is 39.1. The van der Waals surface area contributed by atoms with Gasteiger partial charge in [0, 0.05) is 24.7 Å². The van der Waals surface area contributed by atoms with Crippen molar-refractivity contribution in [3.05, 3.63) is 70.3 Å². The molecule has 556 valence electrons. The van der Waals surface area contributed by atoms with Gasteiger partial charge in [-0.3, -0.25) is 0 Å². The van der Waals surface area contributed by atoms with Gasteiger partial charge < -0.3 is 0 Å². The molecule has 2 aromatic carbocycles. The fourth-order valence-electron chi connectivity index (χ4n) is 11.0. The third kappa shape index (κ3) is 55.8. The van der Waals surface area contributed by atoms with E-state index in [9.17, 15) is 13.2 Å². The number of benzene rings is 2. The predicted molar refractivity (Wildman–Crippen MR) is 424 cm³/mol. The minimum absolute atomic E-state index is 0.118. The zero-order valence-electron chi connectivity index (χ0n) is 88.3. The SMILES string of the molecule is CC(C)(C)c1ccccc1.CC(C)c1cc(C(C)C)c(C(C)(C)C)c(C(C)C)c1.[2H]C([2H])(C(C)(C)C)C(C)(C)C.[2H]C([2H])(C(C)(C)C)C(C)(C)C.[2H]C([2H])(C(C)(C)C)C(C)(C)C(F)(F)F.[2H]C([2H])(C)C([2H])([2H])C(C)(C)C.[2H]C([2H])([2H])C([2H])(C([2H])([2H])C)C(C)(C)C.[2H]C1(C(C)(C)C)CCCC1.[2H]C1(C(C)(C)C)CCCCC1. The second kappa shape index (κ2) is 41.7. The number of alkyl halides is 3. The maximum absolute atomic E-state index is 12.6. The largest absolute Gasteiger partial charge is 0.393 e. The van der Waals surface area contributed by atoms with Gasteiger partial charge in [0.25, 0.3) is 0 Å². The van der Waals surface area contributed by atoms with E-state index >= 15 is 0 Å². The third-order valence-corrected chi connectivity index (χ3v) is 14.7. The summed E-state index contributed by atoms with van der Waals surface area (Å²) >= 11 is 0. The topological polar surface area (TPSA) is 0 Å². The molecule has 93 heavy (non-hydrogen) atoms. The number of hydrogen-bond acceptors (Lipinski definition) is 0. The summed E-state index contributed by atoms with van der Waals surface area (Å²) in [5.74, 6) is -0.578. The summed E-state index contributed by atoms with van der Waals surface area (Å²) in [5.41, 5.74) is 2.26. The van der Waals surface area contributed by atoms with Crippen molar-refractivity contribution in [2.45, 2.75) is 435 Å². The van der Waals surface area contributed by atoms with E-state index in [1.165, 1.54) is 70.9 Å². The molecular formula is C90H175F3. The summed E-state index contributed by atoms with van der Waals surface area (Å²) in [4.78, 5) is 0. The summed E-state index contributed by atoms with van der Waals surface area (Å²) in [6.07, 6.45) is -3.91. The van der Waals surface area contributed by atoms with E-state index in [1.807, 2.05) is 83.1 Å². The van der Waals surface area contributed by atoms with E-state index in [0.29, 0.717) is 23.2 Å². The van der Waals surface area contributed by atoms with Crippen molar-refractivity contribution in [1.29, 1.82) is 0 Å². The van der Waals surface area contributed by atoms with Gasteiger partial charge in [-0.05, 0) is 174 Å². The summed E-state index contributed by atoms with van der Waals surface area (Å²) < 4.78 is 175. The van der Waals surface area contributed by atoms with Crippen LogP contribution < -0.4 is 0 Å². The number of rotatable bonds is 6. The highest BCUT2D eigenvalue weighted by Crippen LogP contribution is 2.46. The Morgan fingerprint density at radius 3 is 0.882 bits per heavy atom. The summed E-state index contributed by atoms with van der Waals surface area (Å²) in [7, 11) is 0. The van der Waals surface area contributed by atoms with Crippen molar-refractivity contribution in [3.63, 3.8) is 0 Å². The quantitative estimate of drug-likeness (QED) is 0.270. The maximum atomic E-state index is 12.6. The molecule has 1 unspecified atom stereocenters. The Morgan fingerprint density at radius 1 is 0.441 bits per heavy atom. The van der Waals surface area contributed by atoms with E-state index in [4.69, 9.17) is 24.7 Å². The summed E-state index contributed by atoms with van der Waals surface area (Å²) in [5, 5.41) is 0. The van der Waals surface area contributed by atoms with Crippen LogP contribution in [0.2, 0.25) is 0 Å². The van der Waals surface area contributed by atoms with E-state index in [1.54, 1.807) is 58.2 Å². The molecule has 0 spiro atoms. The Balaban J connectivity index is -0.000000383. The van der Waals surface area contributed by atoms with Crippen LogP contribution in [0.15, 0.2) is 42.5 Å². The molecule has 0 bridgehead atoms. The lowest BCUT2D eigenvalue weighted by Crippen LogP contribution is -2.35. The molecule has 0 N–H and O–H groups in total. The van der Waals surface area contributed by atoms with Crippen LogP contribution in [0, 0.1) is 71.8 Å². The molecule has 0 radical (unpaired) electrons. The van der Waals surface area contributed by atoms with Gasteiger partial charge in [-0.25, -0.2) is 0 Å². The molecule has 4 rings (SSSR count). The standard InChI is InChI=1S/C19H32.C10H20.C10H14.C9H17F3.C9H18.2C9H20.C8H18.C7H16/c1-12(2)15-10-16(13(3)4)18(19(7,8)9)17(11-15)14(5)6;2*1-10(2,3)9-7-5-4-6-8-9;1-7(2,3)6-8(4,5)9(10,11)12;1-9(2,3)8-6-4-5-7-8;2*1-8(2,3)7-9(4,5)6;1-6-7(2)8(3,4)5;1-5-6-7(2,3)4/h10-14H,1-9H3;9H,4-8H2,1-3H3;4-8H,1-3H3;6H2,1-5H3;8H,4-7H2,1-3H3;2*7H2,1-6H3;7H,6H2,1-5H3;5-6H2,1-4H3/i;9D;;6D2;8D;2*7D2;2D3,6D2,7D;5D2,6D2. The maximum Gasteiger partial charge on any atom is 0.393 e. The Morgan fingerprint density at radius 2 is 0.753 bits per heavy atom. The van der Waals surface area contributed by atoms with Gasteiger partial charge >= 0.3 is 6.18 Å². The van der Waals surface area contributed by atoms with Gasteiger partial charge in [0.05, 0.1) is 5.41 Å². The third-order valence-electron chi connectivity index (χ3n) is 14.7. The van der Waals surface area contributed by atoms with Crippen LogP contribution in [0.3, 0.4) is 0 Å². The number of hydrogen-bond donors (Lipinski definition) is 0. The molecule has 0 saturated heterocycles. The molecule has 1 atom stereocenters. The van der Waals surface area contributed by atoms with Gasteiger partial charge in [0.1, 0.15) is 0 Å². The van der Waals surface area contributed by atoms with E-state index < -0.39 is 78.8 Å². The fraction of sp³-hybridized carbons (Fsp3) is 0.867. The molecule has 2 aliphatic carbocycles. The minimum atomic E-state index is -4.54. The van der Waals surface area contributed by atoms with Crippen LogP contribution in [0.1, 0.15) is 471 Å². The van der Waals surface area contributed by atoms with Crippen molar-refractivity contribution in [2.75, 3.05) is 0 Å². The van der Waals surface area contributed by atoms with Crippen molar-refractivity contribution >= 4 is 0 Å². The monoisotopic (exact) mass is 1330 g/mol. The minimum Gasteiger partial charge on any atom is -0.171 e. The van der Waals surface area contributed by atoms with E-state index in [-0.39, 0.29) is 49.7 Å². The molecule has 2 fully saturated rings. The molecule has 0 aliphatic heterocycles. The van der Waals surface area contributed by atoms with Crippen LogP contribution >= 0.6 is 0 Å². The van der Waals surface area contributed by atoms with E-state index in [0.717, 1.165) is 46.5 Å². The first-order chi connectivity index (χ1) is 47.6. The molecule has 0 aromatic heterocycles. The lowest BCUT2D eigenvalue weighted by atomic mass is 9.72. The van der Waals surface area contributed by atoms with Crippen LogP contribution in [0.5, 0.6) is 0 Å². The van der Waals surface area contributed by atoms with Crippen LogP contribution in [0.4, 0.5) is 13.2 Å². The predicted octanol–water partition coefficient (Wildman–Crippen LogP) is 33.0. The molecule has 2 aromatic rings. The lowest BCUT2D eigenvalue weighted by molar-refractivity contribution is -0.220. The highest BCUT2D eigenvalue weighted by atomic mass is 19.4. The summed E-state index contributed by atoms with van der Waals surface area (Å²) in [6, 6.07) is 15.4. The van der Waals surface area contributed by atoms with Gasteiger partial charge in [-0.2, -0.15) is 13.2 Å². The Labute approximate surface area is 613 Å². The van der Waals surface area contributed by atoms with Gasteiger partial charge in [0.15, 0.2) is 0 Å². The van der Waals surface area contributed by atoms with Crippen molar-refractivity contribution < 1.29 is 37.8 Å². The molecule has 0 amide bonds. The zero-order valence-corrected chi connectivity index (χ0v) is 70.3. The Kier molecular flexibility index (Phi) is 30.7. The zero-order chi connectivity index (χ0) is 91.4. The van der Waals surface area contributed by atoms with Crippen molar-refractivity contribution in [3.8, 4) is 0 Å². The molecule has 0 nitrogen and oxygen atoms in total. The van der Waals surface area contributed by atoms with Crippen LogP contribution in [-0.2, 0) is 10.8 Å². The highest BCUT2D eigenvalue weighted by molar-refractivity contribution is 5.47. The first kappa shape index (κ1) is 68.4. The second-order valence-electron chi connectivity index (χ2n) is 39.1. The lowest BCUT2D eigenvalue weighted by Gasteiger charge is -2.34. The molecule has 2 aliphatic rings. The molecule has 3 heteroatoms. The first-order valence-corrected chi connectivity index (χ1v) is 35.9. The average molecular weight is 1330 g/mol. The Bertz CT molecular complexity index is 2740. The van der Waals surface area contributed by atoms with Crippen molar-refractivity contribution in [1.82, 2.24) is 0 Å². The van der Waals surface area contributed by atoms with Gasteiger partial charge in [0.2, 0.25) is 0 Å². The van der Waals surface area contributed by atoms with Gasteiger partial charge in [-0.15, -0.1) is 0 Å². The fourth-order valence-corrected chi connectivity index (χ4v) is 11.0. The van der Waals surface area contributed by atoms with Gasteiger partial charge in [-0.1, -0.05) is 392 Å². The first-order valence-electron chi connectivity index (χ1n) is 44.9. The van der Waals surface area contributed by atoms with Crippen LogP contribution in [0.25, 0.3) is 0 Å². The Hall–Kier alpha value is -1.77. The molecule has 2 saturated carbocycles. The highest BCUT2D eigenvalue weighted by Gasteiger charge is 2.48. The average Bonchev–Trinajstić information content (AvgIpc) is 1.04. The van der Waals surface area contributed by atoms with Crippen LogP contribution in [-0.4, -0.2) is 6.18 Å². The van der Waals surface area contributed by atoms with Crippen molar-refractivity contribution in [2.24, 2.45) is 71.8 Å². The normalized spacial score (nSPS) is 20.4. The molecular weight excluding hydrogens is 1140 g/mol. The smallest absolute Gasteiger partial charge is 0.171 e.